The molecule has 0 saturated carbocycles. The van der Waals surface area contributed by atoms with Gasteiger partial charge in [-0.05, 0) is 6.42 Å². The van der Waals surface area contributed by atoms with Crippen molar-refractivity contribution in [3.05, 3.63) is 0 Å². The van der Waals surface area contributed by atoms with E-state index >= 15 is 0 Å². The first-order chi connectivity index (χ1) is 15.0. The van der Waals surface area contributed by atoms with Crippen molar-refractivity contribution in [3.63, 3.8) is 0 Å². The van der Waals surface area contributed by atoms with Crippen LogP contribution in [-0.4, -0.2) is 72.8 Å². The van der Waals surface area contributed by atoms with Gasteiger partial charge in [-0.15, -0.1) is 0 Å². The van der Waals surface area contributed by atoms with Gasteiger partial charge in [0.2, 0.25) is 0 Å². The fraction of sp³-hybridized carbons (Fsp3) is 0.846. The summed E-state index contributed by atoms with van der Waals surface area (Å²) in [6.45, 7) is -3.11. The Bertz CT molecular complexity index is 720. The SMILES string of the molecule is O=C(NCCCNC(=O)C(F)(F)C(F)(F)C(F)(F)C(F)(F)F)C(F)(F)C(F)(F)C(F)(F)C(F)(F)F. The zero-order valence-corrected chi connectivity index (χ0v) is 15.7. The molecule has 22 heteroatoms. The quantitative estimate of drug-likeness (QED) is 0.302. The van der Waals surface area contributed by atoms with Gasteiger partial charge in [-0.3, -0.25) is 9.59 Å². The molecule has 35 heavy (non-hydrogen) atoms. The van der Waals surface area contributed by atoms with E-state index in [4.69, 9.17) is 0 Å². The normalized spacial score (nSPS) is 15.1. The lowest BCUT2D eigenvalue weighted by molar-refractivity contribution is -0.388. The second kappa shape index (κ2) is 9.28. The molecule has 0 aromatic rings. The Morgan fingerprint density at radius 1 is 0.429 bits per heavy atom. The summed E-state index contributed by atoms with van der Waals surface area (Å²) < 4.78 is 227. The largest absolute Gasteiger partial charge is 0.460 e. The van der Waals surface area contributed by atoms with Gasteiger partial charge in [0, 0.05) is 13.1 Å². The molecule has 0 heterocycles. The summed E-state index contributed by atoms with van der Waals surface area (Å²) in [4.78, 5) is 21.9. The summed E-state index contributed by atoms with van der Waals surface area (Å²) in [6.07, 6.45) is -15.8. The van der Waals surface area contributed by atoms with Gasteiger partial charge in [-0.25, -0.2) is 0 Å². The maximum absolute atomic E-state index is 13.2. The van der Waals surface area contributed by atoms with Crippen molar-refractivity contribution < 1.29 is 88.6 Å². The van der Waals surface area contributed by atoms with E-state index in [-0.39, 0.29) is 0 Å². The molecule has 0 aromatic heterocycles. The Kier molecular flexibility index (Phi) is 8.67. The van der Waals surface area contributed by atoms with Crippen LogP contribution in [0.4, 0.5) is 79.0 Å². The van der Waals surface area contributed by atoms with Crippen LogP contribution in [-0.2, 0) is 9.59 Å². The lowest BCUT2D eigenvalue weighted by Crippen LogP contribution is -2.65. The Labute approximate surface area is 180 Å². The van der Waals surface area contributed by atoms with Crippen molar-refractivity contribution >= 4 is 11.8 Å². The smallest absolute Gasteiger partial charge is 0.351 e. The second-order valence-corrected chi connectivity index (χ2v) is 6.31. The minimum absolute atomic E-state index is 0.614. The zero-order valence-electron chi connectivity index (χ0n) is 15.7. The molecule has 0 aliphatic rings. The molecule has 2 amide bonds. The summed E-state index contributed by atoms with van der Waals surface area (Å²) in [5.41, 5.74) is 0. The monoisotopic (exact) mass is 566 g/mol. The molecule has 0 aliphatic carbocycles. The minimum Gasteiger partial charge on any atom is -0.351 e. The van der Waals surface area contributed by atoms with E-state index in [0.717, 1.165) is 0 Å². The lowest BCUT2D eigenvalue weighted by Gasteiger charge is -2.33. The molecular weight excluding hydrogens is 558 g/mol. The van der Waals surface area contributed by atoms with Gasteiger partial charge in [0.25, 0.3) is 11.8 Å². The van der Waals surface area contributed by atoms with Crippen molar-refractivity contribution in [1.29, 1.82) is 0 Å². The van der Waals surface area contributed by atoms with Crippen LogP contribution < -0.4 is 10.6 Å². The van der Waals surface area contributed by atoms with Crippen molar-refractivity contribution in [2.75, 3.05) is 13.1 Å². The van der Waals surface area contributed by atoms with Gasteiger partial charge >= 0.3 is 47.9 Å². The van der Waals surface area contributed by atoms with Crippen LogP contribution >= 0.6 is 0 Å². The van der Waals surface area contributed by atoms with E-state index in [2.05, 4.69) is 0 Å². The van der Waals surface area contributed by atoms with Crippen molar-refractivity contribution in [3.8, 4) is 0 Å². The summed E-state index contributed by atoms with van der Waals surface area (Å²) >= 11 is 0. The zero-order chi connectivity index (χ0) is 28.7. The van der Waals surface area contributed by atoms with Gasteiger partial charge < -0.3 is 10.6 Å². The molecule has 0 aliphatic heterocycles. The van der Waals surface area contributed by atoms with E-state index in [9.17, 15) is 88.6 Å². The van der Waals surface area contributed by atoms with Crippen molar-refractivity contribution in [2.24, 2.45) is 0 Å². The number of rotatable bonds is 10. The topological polar surface area (TPSA) is 58.2 Å². The first-order valence-electron chi connectivity index (χ1n) is 8.02. The van der Waals surface area contributed by atoms with Crippen LogP contribution in [0, 0.1) is 0 Å². The molecule has 0 fully saturated rings. The third-order valence-electron chi connectivity index (χ3n) is 3.78. The maximum atomic E-state index is 13.2. The molecule has 0 bridgehead atoms. The summed E-state index contributed by atoms with van der Waals surface area (Å²) in [7, 11) is 0. The van der Waals surface area contributed by atoms with E-state index in [0.29, 0.717) is 10.6 Å². The molecule has 0 spiro atoms. The molecule has 208 valence electrons. The van der Waals surface area contributed by atoms with Crippen LogP contribution in [0.5, 0.6) is 0 Å². The first kappa shape index (κ1) is 32.7. The Hall–Kier alpha value is -2.32. The van der Waals surface area contributed by atoms with Crippen molar-refractivity contribution in [2.45, 2.75) is 54.3 Å². The molecule has 0 rings (SSSR count). The molecule has 0 unspecified atom stereocenters. The summed E-state index contributed by atoms with van der Waals surface area (Å²) in [6, 6.07) is 0. The van der Waals surface area contributed by atoms with Crippen LogP contribution in [0.3, 0.4) is 0 Å². The second-order valence-electron chi connectivity index (χ2n) is 6.31. The summed E-state index contributed by atoms with van der Waals surface area (Å²) in [5, 5.41) is 1.23. The average Bonchev–Trinajstić information content (AvgIpc) is 2.64. The molecule has 0 radical (unpaired) electrons. The van der Waals surface area contributed by atoms with Crippen LogP contribution in [0.15, 0.2) is 0 Å². The van der Waals surface area contributed by atoms with E-state index in [1.807, 2.05) is 0 Å². The molecule has 2 N–H and O–H groups in total. The minimum atomic E-state index is -7.44. The number of hydrogen-bond donors (Lipinski definition) is 2. The van der Waals surface area contributed by atoms with Crippen LogP contribution in [0.2, 0.25) is 0 Å². The molecule has 0 atom stereocenters. The van der Waals surface area contributed by atoms with Gasteiger partial charge in [0.05, 0.1) is 0 Å². The Balaban J connectivity index is 5.16. The number of halogens is 18. The fourth-order valence-electron chi connectivity index (χ4n) is 1.75. The van der Waals surface area contributed by atoms with E-state index < -0.39 is 79.2 Å². The molecular formula is C13H8F18N2O2. The number of nitrogens with one attached hydrogen (secondary N) is 2. The van der Waals surface area contributed by atoms with E-state index in [1.165, 1.54) is 0 Å². The van der Waals surface area contributed by atoms with Gasteiger partial charge in [0.1, 0.15) is 0 Å². The Morgan fingerprint density at radius 3 is 0.857 bits per heavy atom. The van der Waals surface area contributed by atoms with Gasteiger partial charge in [-0.1, -0.05) is 0 Å². The average molecular weight is 566 g/mol. The predicted molar refractivity (Wildman–Crippen MR) is 72.4 cm³/mol. The van der Waals surface area contributed by atoms with E-state index in [1.54, 1.807) is 0 Å². The predicted octanol–water partition coefficient (Wildman–Crippen LogP) is 4.55. The highest BCUT2D eigenvalue weighted by Gasteiger charge is 2.84. The molecule has 0 saturated heterocycles. The standard InChI is InChI=1S/C13H8F18N2O2/c14-6(15,8(18,19)10(22,23)12(26,27)28)4(34)32-2-1-3-33-5(35)7(16,17)9(20,21)11(24,25)13(29,30)31/h1-3H2,(H,32,34)(H,33,35). The van der Waals surface area contributed by atoms with Gasteiger partial charge in [0.15, 0.2) is 0 Å². The maximum Gasteiger partial charge on any atom is 0.460 e. The van der Waals surface area contributed by atoms with Crippen LogP contribution in [0.25, 0.3) is 0 Å². The van der Waals surface area contributed by atoms with Crippen LogP contribution in [0.1, 0.15) is 6.42 Å². The highest BCUT2D eigenvalue weighted by atomic mass is 19.4. The number of alkyl halides is 18. The third-order valence-corrected chi connectivity index (χ3v) is 3.78. The highest BCUT2D eigenvalue weighted by molar-refractivity contribution is 5.85. The first-order valence-corrected chi connectivity index (χ1v) is 8.02. The van der Waals surface area contributed by atoms with Gasteiger partial charge in [-0.2, -0.15) is 79.0 Å². The fourth-order valence-corrected chi connectivity index (χ4v) is 1.75. The number of amides is 2. The number of hydrogen-bond acceptors (Lipinski definition) is 2. The summed E-state index contributed by atoms with van der Waals surface area (Å²) in [5.74, 6) is -50.1. The van der Waals surface area contributed by atoms with Crippen molar-refractivity contribution in [1.82, 2.24) is 10.6 Å². The lowest BCUT2D eigenvalue weighted by atomic mass is 10.0. The third kappa shape index (κ3) is 5.43. The number of carbonyl (C=O) groups is 2. The molecule has 0 aromatic carbocycles. The molecule has 4 nitrogen and oxygen atoms in total. The Morgan fingerprint density at radius 2 is 0.657 bits per heavy atom. The highest BCUT2D eigenvalue weighted by Crippen LogP contribution is 2.54. The number of carbonyl (C=O) groups excluding carboxylic acids is 2.